The van der Waals surface area contributed by atoms with Crippen molar-refractivity contribution in [2.75, 3.05) is 16.2 Å². The number of aromatic nitrogens is 1. The quantitative estimate of drug-likeness (QED) is 0.248. The molecule has 40 heavy (non-hydrogen) atoms. The molecule has 1 amide bonds. The van der Waals surface area contributed by atoms with Gasteiger partial charge in [-0.1, -0.05) is 54.1 Å². The van der Waals surface area contributed by atoms with Crippen molar-refractivity contribution in [2.45, 2.75) is 45.2 Å². The highest BCUT2D eigenvalue weighted by atomic mass is 32.2. The zero-order chi connectivity index (χ0) is 28.6. The molecule has 0 aliphatic rings. The molecule has 1 heterocycles. The fraction of sp³-hybridized carbons (Fsp3) is 0.219. The molecule has 5 aromatic rings. The Balaban J connectivity index is 1.58. The lowest BCUT2D eigenvalue weighted by atomic mass is 10.1. The fourth-order valence-corrected chi connectivity index (χ4v) is 7.06. The van der Waals surface area contributed by atoms with Crippen LogP contribution in [0.15, 0.2) is 89.8 Å². The van der Waals surface area contributed by atoms with Crippen molar-refractivity contribution in [1.29, 1.82) is 0 Å². The Labute approximate surface area is 234 Å². The van der Waals surface area contributed by atoms with E-state index in [9.17, 15) is 18.3 Å². The van der Waals surface area contributed by atoms with Crippen molar-refractivity contribution >= 4 is 49.1 Å². The summed E-state index contributed by atoms with van der Waals surface area (Å²) >= 11 is 0. The van der Waals surface area contributed by atoms with Crippen LogP contribution >= 0.6 is 0 Å². The number of carbonyl (C=O) groups excluding carboxylic acids is 1. The van der Waals surface area contributed by atoms with Gasteiger partial charge in [-0.2, -0.15) is 0 Å². The number of sulfonamides is 1. The van der Waals surface area contributed by atoms with Crippen LogP contribution < -0.4 is 9.62 Å². The number of benzene rings is 4. The Morgan fingerprint density at radius 2 is 1.40 bits per heavy atom. The molecule has 0 bridgehead atoms. The molecule has 0 spiro atoms. The number of nitrogens with one attached hydrogen (secondary N) is 1. The first-order chi connectivity index (χ1) is 19.1. The lowest BCUT2D eigenvalue weighted by Crippen LogP contribution is -2.40. The molecule has 1 unspecified atom stereocenters. The van der Waals surface area contributed by atoms with E-state index in [1.807, 2.05) is 61.7 Å². The number of anilines is 2. The maximum atomic E-state index is 14.1. The summed E-state index contributed by atoms with van der Waals surface area (Å²) in [6, 6.07) is 26.2. The number of aliphatic hydroxyl groups is 1. The highest BCUT2D eigenvalue weighted by Gasteiger charge is 2.30. The van der Waals surface area contributed by atoms with Gasteiger partial charge in [0.1, 0.15) is 0 Å². The summed E-state index contributed by atoms with van der Waals surface area (Å²) in [6.45, 7) is 7.00. The first kappa shape index (κ1) is 27.4. The van der Waals surface area contributed by atoms with Crippen LogP contribution in [0.3, 0.4) is 0 Å². The van der Waals surface area contributed by atoms with E-state index in [-0.39, 0.29) is 23.9 Å². The Morgan fingerprint density at radius 1 is 0.875 bits per heavy atom. The second kappa shape index (κ2) is 10.8. The summed E-state index contributed by atoms with van der Waals surface area (Å²) in [5, 5.41) is 16.4. The van der Waals surface area contributed by atoms with E-state index in [0.717, 1.165) is 27.4 Å². The number of carbonyl (C=O) groups is 1. The minimum Gasteiger partial charge on any atom is -0.389 e. The highest BCUT2D eigenvalue weighted by Crippen LogP contribution is 2.34. The van der Waals surface area contributed by atoms with Crippen LogP contribution in [0.1, 0.15) is 23.6 Å². The maximum absolute atomic E-state index is 14.1. The molecule has 8 heteroatoms. The van der Waals surface area contributed by atoms with Crippen LogP contribution in [-0.4, -0.2) is 36.6 Å². The normalized spacial score (nSPS) is 12.5. The molecule has 7 nitrogen and oxygen atoms in total. The lowest BCUT2D eigenvalue weighted by molar-refractivity contribution is -0.114. The van der Waals surface area contributed by atoms with E-state index in [2.05, 4.69) is 17.4 Å². The van der Waals surface area contributed by atoms with E-state index >= 15 is 0 Å². The number of rotatable bonds is 8. The zero-order valence-corrected chi connectivity index (χ0v) is 23.9. The van der Waals surface area contributed by atoms with Gasteiger partial charge in [0.05, 0.1) is 29.8 Å². The van der Waals surface area contributed by atoms with Crippen LogP contribution in [0.5, 0.6) is 0 Å². The summed E-state index contributed by atoms with van der Waals surface area (Å²) in [6.07, 6.45) is -1.02. The predicted octanol–water partition coefficient (Wildman–Crippen LogP) is 5.93. The first-order valence-corrected chi connectivity index (χ1v) is 14.6. The van der Waals surface area contributed by atoms with Crippen LogP contribution in [0.25, 0.3) is 21.8 Å². The van der Waals surface area contributed by atoms with Gasteiger partial charge in [0, 0.05) is 34.4 Å². The van der Waals surface area contributed by atoms with E-state index in [1.165, 1.54) is 11.2 Å². The van der Waals surface area contributed by atoms with Gasteiger partial charge in [-0.05, 0) is 68.3 Å². The minimum atomic E-state index is -4.03. The highest BCUT2D eigenvalue weighted by molar-refractivity contribution is 7.92. The van der Waals surface area contributed by atoms with Crippen LogP contribution in [0, 0.1) is 20.8 Å². The Kier molecular flexibility index (Phi) is 7.40. The number of amides is 1. The lowest BCUT2D eigenvalue weighted by Gasteiger charge is -2.30. The molecule has 4 aromatic carbocycles. The third kappa shape index (κ3) is 5.20. The predicted molar refractivity (Wildman–Crippen MR) is 161 cm³/mol. The van der Waals surface area contributed by atoms with E-state index in [1.54, 1.807) is 36.4 Å². The fourth-order valence-electron chi connectivity index (χ4n) is 5.43. The minimum absolute atomic E-state index is 0.145. The number of fused-ring (bicyclic) bond motifs is 3. The molecule has 206 valence electrons. The molecular weight excluding hydrogens is 522 g/mol. The van der Waals surface area contributed by atoms with Gasteiger partial charge in [-0.15, -0.1) is 0 Å². The standard InChI is InChI=1S/C32H33N3O4S/c1-21-13-15-27(16-14-21)40(38,39)35(32-22(2)17-25(18-23(32)3)33-24(4)36)20-26(37)19-34-30-11-7-5-9-28(30)29-10-6-8-12-31(29)34/h5-18,26,37H,19-20H2,1-4H3,(H,33,36). The molecule has 1 aromatic heterocycles. The molecule has 0 aliphatic carbocycles. The van der Waals surface area contributed by atoms with E-state index in [0.29, 0.717) is 22.5 Å². The van der Waals surface area contributed by atoms with Crippen LogP contribution in [-0.2, 0) is 21.4 Å². The summed E-state index contributed by atoms with van der Waals surface area (Å²) in [5.74, 6) is -0.211. The maximum Gasteiger partial charge on any atom is 0.264 e. The number of para-hydroxylation sites is 2. The molecule has 0 saturated heterocycles. The van der Waals surface area contributed by atoms with Crippen molar-refractivity contribution in [3.63, 3.8) is 0 Å². The smallest absolute Gasteiger partial charge is 0.264 e. The first-order valence-electron chi connectivity index (χ1n) is 13.2. The Morgan fingerprint density at radius 3 is 1.93 bits per heavy atom. The number of hydrogen-bond acceptors (Lipinski definition) is 4. The molecule has 1 atom stereocenters. The van der Waals surface area contributed by atoms with Crippen molar-refractivity contribution in [2.24, 2.45) is 0 Å². The summed E-state index contributed by atoms with van der Waals surface area (Å²) in [5.41, 5.74) is 5.31. The van der Waals surface area contributed by atoms with E-state index < -0.39 is 16.1 Å². The topological polar surface area (TPSA) is 91.6 Å². The largest absolute Gasteiger partial charge is 0.389 e. The number of nitrogens with zero attached hydrogens (tertiary/aromatic N) is 2. The van der Waals surface area contributed by atoms with Gasteiger partial charge in [0.2, 0.25) is 5.91 Å². The third-order valence-electron chi connectivity index (χ3n) is 7.12. The molecule has 0 aliphatic heterocycles. The molecule has 0 fully saturated rings. The second-order valence-electron chi connectivity index (χ2n) is 10.3. The molecule has 0 saturated carbocycles. The molecule has 0 radical (unpaired) electrons. The number of hydrogen-bond donors (Lipinski definition) is 2. The SMILES string of the molecule is CC(=O)Nc1cc(C)c(N(CC(O)Cn2c3ccccc3c3ccccc32)S(=O)(=O)c2ccc(C)cc2)c(C)c1. The van der Waals surface area contributed by atoms with Gasteiger partial charge in [-0.3, -0.25) is 9.10 Å². The van der Waals surface area contributed by atoms with Gasteiger partial charge in [-0.25, -0.2) is 8.42 Å². The number of aliphatic hydroxyl groups excluding tert-OH is 1. The summed E-state index contributed by atoms with van der Waals surface area (Å²) in [7, 11) is -4.03. The average molecular weight is 556 g/mol. The summed E-state index contributed by atoms with van der Waals surface area (Å²) < 4.78 is 31.6. The van der Waals surface area contributed by atoms with Gasteiger partial charge in [0.25, 0.3) is 10.0 Å². The average Bonchev–Trinajstić information content (AvgIpc) is 3.21. The van der Waals surface area contributed by atoms with Gasteiger partial charge >= 0.3 is 0 Å². The van der Waals surface area contributed by atoms with Gasteiger partial charge < -0.3 is 15.0 Å². The van der Waals surface area contributed by atoms with Crippen molar-refractivity contribution in [3.05, 3.63) is 102 Å². The van der Waals surface area contributed by atoms with Crippen LogP contribution in [0.2, 0.25) is 0 Å². The van der Waals surface area contributed by atoms with E-state index in [4.69, 9.17) is 0 Å². The third-order valence-corrected chi connectivity index (χ3v) is 8.90. The van der Waals surface area contributed by atoms with Crippen molar-refractivity contribution in [1.82, 2.24) is 4.57 Å². The second-order valence-corrected chi connectivity index (χ2v) is 12.2. The monoisotopic (exact) mass is 555 g/mol. The number of aryl methyl sites for hydroxylation is 3. The summed E-state index contributed by atoms with van der Waals surface area (Å²) in [4.78, 5) is 11.8. The van der Waals surface area contributed by atoms with Crippen molar-refractivity contribution < 1.29 is 18.3 Å². The molecule has 2 N–H and O–H groups in total. The zero-order valence-electron chi connectivity index (χ0n) is 23.0. The molecular formula is C32H33N3O4S. The Hall–Kier alpha value is -4.14. The Bertz CT molecular complexity index is 1750. The molecule has 5 rings (SSSR count). The van der Waals surface area contributed by atoms with Crippen LogP contribution in [0.4, 0.5) is 11.4 Å². The van der Waals surface area contributed by atoms with Crippen molar-refractivity contribution in [3.8, 4) is 0 Å². The van der Waals surface area contributed by atoms with Gasteiger partial charge in [0.15, 0.2) is 0 Å².